The van der Waals surface area contributed by atoms with Gasteiger partial charge in [0.05, 0.1) is 4.99 Å². The highest BCUT2D eigenvalue weighted by Crippen LogP contribution is 1.96. The van der Waals surface area contributed by atoms with Crippen molar-refractivity contribution in [3.05, 3.63) is 16.8 Å². The minimum atomic E-state index is -0.0830. The Labute approximate surface area is 87.5 Å². The lowest BCUT2D eigenvalue weighted by molar-refractivity contribution is 0.542. The lowest BCUT2D eigenvalue weighted by Crippen LogP contribution is -2.23. The van der Waals surface area contributed by atoms with Gasteiger partial charge in [-0.2, -0.15) is 5.10 Å². The van der Waals surface area contributed by atoms with Crippen molar-refractivity contribution in [1.82, 2.24) is 14.3 Å². The molecular formula is C8H14N4OS. The lowest BCUT2D eigenvalue weighted by Gasteiger charge is -1.99. The predicted octanol–water partition coefficient (Wildman–Crippen LogP) is 0.0382. The van der Waals surface area contributed by atoms with Gasteiger partial charge in [0.25, 0.3) is 0 Å². The van der Waals surface area contributed by atoms with E-state index in [1.165, 1.54) is 15.6 Å². The molecular weight excluding hydrogens is 200 g/mol. The fraction of sp³-hybridized carbons (Fsp3) is 0.625. The number of unbranched alkanes of at least 4 members (excludes halogenated alkanes) is 1. The number of nitrogens with two attached hydrogens (primary N) is 1. The fourth-order valence-electron chi connectivity index (χ4n) is 1.13. The molecule has 2 N–H and O–H groups in total. The first kappa shape index (κ1) is 10.9. The summed E-state index contributed by atoms with van der Waals surface area (Å²) in [5.41, 5.74) is 5.27. The minimum Gasteiger partial charge on any atom is -0.393 e. The molecule has 1 rings (SSSR count). The number of nitrogens with zero attached hydrogens (tertiary/aromatic N) is 3. The second kappa shape index (κ2) is 4.90. The van der Waals surface area contributed by atoms with Crippen molar-refractivity contribution in [1.29, 1.82) is 0 Å². The van der Waals surface area contributed by atoms with Gasteiger partial charge in [0, 0.05) is 13.6 Å². The third-order valence-electron chi connectivity index (χ3n) is 1.93. The summed E-state index contributed by atoms with van der Waals surface area (Å²) >= 11 is 4.74. The highest BCUT2D eigenvalue weighted by atomic mass is 32.1. The van der Waals surface area contributed by atoms with Crippen molar-refractivity contribution in [2.24, 2.45) is 12.8 Å². The van der Waals surface area contributed by atoms with Gasteiger partial charge in [-0.15, -0.1) is 0 Å². The van der Waals surface area contributed by atoms with Gasteiger partial charge in [0.2, 0.25) is 0 Å². The second-order valence-electron chi connectivity index (χ2n) is 3.17. The van der Waals surface area contributed by atoms with Crippen LogP contribution in [0.5, 0.6) is 0 Å². The molecule has 78 valence electrons. The largest absolute Gasteiger partial charge is 0.393 e. The molecule has 0 saturated carbocycles. The summed E-state index contributed by atoms with van der Waals surface area (Å²) in [6.45, 7) is 0.627. The van der Waals surface area contributed by atoms with Crippen LogP contribution in [0.2, 0.25) is 0 Å². The zero-order chi connectivity index (χ0) is 10.6. The average molecular weight is 214 g/mol. The SMILES string of the molecule is Cn1cnn(CCCCC(N)=S)c1=O. The Morgan fingerprint density at radius 3 is 2.86 bits per heavy atom. The van der Waals surface area contributed by atoms with Gasteiger partial charge in [-0.25, -0.2) is 9.48 Å². The molecule has 5 nitrogen and oxygen atoms in total. The zero-order valence-electron chi connectivity index (χ0n) is 8.14. The van der Waals surface area contributed by atoms with Gasteiger partial charge in [0.15, 0.2) is 0 Å². The maximum Gasteiger partial charge on any atom is 0.345 e. The van der Waals surface area contributed by atoms with Crippen LogP contribution in [0.4, 0.5) is 0 Å². The standard InChI is InChI=1S/C8H14N4OS/c1-11-6-10-12(8(11)13)5-3-2-4-7(9)14/h6H,2-5H2,1H3,(H2,9,14). The van der Waals surface area contributed by atoms with Gasteiger partial charge in [-0.05, 0) is 19.3 Å². The van der Waals surface area contributed by atoms with E-state index in [1.54, 1.807) is 7.05 Å². The second-order valence-corrected chi connectivity index (χ2v) is 3.70. The monoisotopic (exact) mass is 214 g/mol. The Balaban J connectivity index is 2.35. The van der Waals surface area contributed by atoms with Gasteiger partial charge >= 0.3 is 5.69 Å². The third kappa shape index (κ3) is 2.95. The molecule has 0 bridgehead atoms. The minimum absolute atomic E-state index is 0.0830. The summed E-state index contributed by atoms with van der Waals surface area (Å²) in [4.78, 5) is 11.8. The number of thiocarbonyl (C=S) groups is 1. The Bertz CT molecular complexity index is 368. The molecule has 1 heterocycles. The van der Waals surface area contributed by atoms with Crippen molar-refractivity contribution >= 4 is 17.2 Å². The molecule has 0 unspecified atom stereocenters. The molecule has 0 fully saturated rings. The van der Waals surface area contributed by atoms with Gasteiger partial charge < -0.3 is 5.73 Å². The van der Waals surface area contributed by atoms with E-state index in [0.717, 1.165) is 19.3 Å². The van der Waals surface area contributed by atoms with E-state index in [9.17, 15) is 4.79 Å². The van der Waals surface area contributed by atoms with Crippen LogP contribution in [0.15, 0.2) is 11.1 Å². The maximum atomic E-state index is 11.3. The fourth-order valence-corrected chi connectivity index (χ4v) is 1.28. The highest BCUT2D eigenvalue weighted by Gasteiger charge is 2.00. The number of hydrogen-bond donors (Lipinski definition) is 1. The van der Waals surface area contributed by atoms with Gasteiger partial charge in [-0.3, -0.25) is 4.57 Å². The summed E-state index contributed by atoms with van der Waals surface area (Å²) in [5, 5.41) is 3.94. The van der Waals surface area contributed by atoms with Crippen LogP contribution in [-0.2, 0) is 13.6 Å². The molecule has 0 aliphatic carbocycles. The Kier molecular flexibility index (Phi) is 3.82. The molecule has 0 spiro atoms. The van der Waals surface area contributed by atoms with Crippen LogP contribution >= 0.6 is 12.2 Å². The van der Waals surface area contributed by atoms with Crippen molar-refractivity contribution < 1.29 is 0 Å². The van der Waals surface area contributed by atoms with E-state index in [4.69, 9.17) is 18.0 Å². The third-order valence-corrected chi connectivity index (χ3v) is 2.13. The summed E-state index contributed by atoms with van der Waals surface area (Å²) in [6.07, 6.45) is 4.01. The number of aromatic nitrogens is 3. The molecule has 0 saturated heterocycles. The Morgan fingerprint density at radius 2 is 2.36 bits per heavy atom. The average Bonchev–Trinajstić information content (AvgIpc) is 2.43. The summed E-state index contributed by atoms with van der Waals surface area (Å²) in [7, 11) is 1.68. The predicted molar refractivity (Wildman–Crippen MR) is 58.1 cm³/mol. The van der Waals surface area contributed by atoms with Crippen LogP contribution in [0.25, 0.3) is 0 Å². The van der Waals surface area contributed by atoms with Crippen molar-refractivity contribution in [3.63, 3.8) is 0 Å². The Hall–Kier alpha value is -1.17. The van der Waals surface area contributed by atoms with Crippen LogP contribution in [0.3, 0.4) is 0 Å². The van der Waals surface area contributed by atoms with E-state index in [2.05, 4.69) is 5.10 Å². The topological polar surface area (TPSA) is 65.8 Å². The van der Waals surface area contributed by atoms with E-state index >= 15 is 0 Å². The molecule has 14 heavy (non-hydrogen) atoms. The molecule has 0 radical (unpaired) electrons. The molecule has 0 aliphatic rings. The van der Waals surface area contributed by atoms with Gasteiger partial charge in [0.1, 0.15) is 6.33 Å². The molecule has 1 aromatic rings. The maximum absolute atomic E-state index is 11.3. The van der Waals surface area contributed by atoms with Crippen LogP contribution in [0.1, 0.15) is 19.3 Å². The highest BCUT2D eigenvalue weighted by molar-refractivity contribution is 7.80. The van der Waals surface area contributed by atoms with E-state index in [0.29, 0.717) is 11.5 Å². The molecule has 0 aliphatic heterocycles. The number of aryl methyl sites for hydroxylation is 2. The summed E-state index contributed by atoms with van der Waals surface area (Å²) < 4.78 is 2.90. The Morgan fingerprint density at radius 1 is 1.64 bits per heavy atom. The summed E-state index contributed by atoms with van der Waals surface area (Å²) in [5.74, 6) is 0. The molecule has 0 atom stereocenters. The number of hydrogen-bond acceptors (Lipinski definition) is 3. The molecule has 6 heteroatoms. The first-order valence-electron chi connectivity index (χ1n) is 4.48. The van der Waals surface area contributed by atoms with Crippen molar-refractivity contribution in [3.8, 4) is 0 Å². The van der Waals surface area contributed by atoms with Crippen LogP contribution in [0, 0.1) is 0 Å². The zero-order valence-corrected chi connectivity index (χ0v) is 8.96. The van der Waals surface area contributed by atoms with Crippen LogP contribution < -0.4 is 11.4 Å². The molecule has 0 amide bonds. The van der Waals surface area contributed by atoms with E-state index in [1.807, 2.05) is 0 Å². The van der Waals surface area contributed by atoms with E-state index < -0.39 is 0 Å². The first-order valence-corrected chi connectivity index (χ1v) is 4.89. The molecule has 0 aromatic carbocycles. The van der Waals surface area contributed by atoms with Gasteiger partial charge in [-0.1, -0.05) is 12.2 Å². The van der Waals surface area contributed by atoms with E-state index in [-0.39, 0.29) is 5.69 Å². The quantitative estimate of drug-likeness (QED) is 0.555. The normalized spacial score (nSPS) is 10.4. The van der Waals surface area contributed by atoms with Crippen LogP contribution in [-0.4, -0.2) is 19.3 Å². The lowest BCUT2D eigenvalue weighted by atomic mass is 10.2. The smallest absolute Gasteiger partial charge is 0.345 e. The van der Waals surface area contributed by atoms with Crippen molar-refractivity contribution in [2.75, 3.05) is 0 Å². The first-order chi connectivity index (χ1) is 6.61. The number of rotatable bonds is 5. The molecule has 1 aromatic heterocycles. The summed E-state index contributed by atoms with van der Waals surface area (Å²) in [6, 6.07) is 0. The van der Waals surface area contributed by atoms with Crippen molar-refractivity contribution in [2.45, 2.75) is 25.8 Å².